The molecule has 0 radical (unpaired) electrons. The van der Waals surface area contributed by atoms with Crippen LogP contribution in [0.1, 0.15) is 13.8 Å². The largest absolute Gasteiger partial charge is 0.215 e. The lowest BCUT2D eigenvalue weighted by Crippen LogP contribution is -2.02. The zero-order valence-electron chi connectivity index (χ0n) is 7.79. The highest BCUT2D eigenvalue weighted by molar-refractivity contribution is 8.25. The van der Waals surface area contributed by atoms with Crippen molar-refractivity contribution in [3.05, 3.63) is 30.3 Å². The molecule has 0 saturated carbocycles. The van der Waals surface area contributed by atoms with Gasteiger partial charge in [0.15, 0.2) is 0 Å². The van der Waals surface area contributed by atoms with Crippen molar-refractivity contribution in [3.8, 4) is 0 Å². The Balaban J connectivity index is 2.51. The van der Waals surface area contributed by atoms with Crippen molar-refractivity contribution in [1.29, 1.82) is 0 Å². The Labute approximate surface area is 79.7 Å². The van der Waals surface area contributed by atoms with Gasteiger partial charge in [-0.05, 0) is 17.0 Å². The van der Waals surface area contributed by atoms with Gasteiger partial charge in [0.2, 0.25) is 5.99 Å². The zero-order chi connectivity index (χ0) is 8.81. The maximum Gasteiger partial charge on any atom is 0.215 e. The van der Waals surface area contributed by atoms with Crippen molar-refractivity contribution < 1.29 is 0 Å². The lowest BCUT2D eigenvalue weighted by atomic mass is 9.70. The number of rotatable bonds is 4. The maximum absolute atomic E-state index is 2.25. The summed E-state index contributed by atoms with van der Waals surface area (Å²) in [7, 11) is 0. The van der Waals surface area contributed by atoms with Gasteiger partial charge in [-0.15, -0.1) is 0 Å². The summed E-state index contributed by atoms with van der Waals surface area (Å²) in [6.07, 6.45) is 2.52. The van der Waals surface area contributed by atoms with E-state index < -0.39 is 0 Å². The molecule has 12 heavy (non-hydrogen) atoms. The van der Waals surface area contributed by atoms with Crippen molar-refractivity contribution in [2.75, 3.05) is 0 Å². The molecule has 1 aromatic carbocycles. The smallest absolute Gasteiger partial charge is 0.176 e. The van der Waals surface area contributed by atoms with Crippen LogP contribution in [0.15, 0.2) is 35.2 Å². The van der Waals surface area contributed by atoms with Crippen molar-refractivity contribution >= 4 is 17.6 Å². The number of benzene rings is 1. The van der Waals surface area contributed by atoms with E-state index >= 15 is 0 Å². The summed E-state index contributed by atoms with van der Waals surface area (Å²) < 4.78 is 0. The van der Waals surface area contributed by atoms with Gasteiger partial charge in [-0.3, -0.25) is 0 Å². The van der Waals surface area contributed by atoms with Gasteiger partial charge >= 0.3 is 0 Å². The molecule has 1 aromatic rings. The van der Waals surface area contributed by atoms with Crippen LogP contribution in [0.2, 0.25) is 12.6 Å². The first-order chi connectivity index (χ1) is 5.86. The topological polar surface area (TPSA) is 0 Å². The molecule has 0 aromatic heterocycles. The second-order valence-electron chi connectivity index (χ2n) is 2.87. The van der Waals surface area contributed by atoms with Crippen LogP contribution in [0, 0.1) is 0 Å². The van der Waals surface area contributed by atoms with Crippen LogP contribution in [0.3, 0.4) is 0 Å². The molecule has 0 saturated heterocycles. The predicted molar refractivity (Wildman–Crippen MR) is 59.0 cm³/mol. The quantitative estimate of drug-likeness (QED) is 0.631. The fourth-order valence-corrected chi connectivity index (χ4v) is 2.18. The third kappa shape index (κ3) is 2.94. The minimum atomic E-state index is 0.785. The van der Waals surface area contributed by atoms with Gasteiger partial charge in [-0.25, -0.2) is 0 Å². The minimum absolute atomic E-state index is 0.785. The van der Waals surface area contributed by atoms with Crippen LogP contribution >= 0.6 is 11.6 Å². The van der Waals surface area contributed by atoms with E-state index in [-0.39, 0.29) is 0 Å². The third-order valence-corrected chi connectivity index (χ3v) is 3.50. The number of hydrogen-bond donors (Lipinski definition) is 0. The molecule has 0 aliphatic heterocycles. The molecule has 0 unspecified atom stereocenters. The van der Waals surface area contributed by atoms with Crippen molar-refractivity contribution in [3.63, 3.8) is 0 Å². The van der Waals surface area contributed by atoms with Gasteiger partial charge in [-0.1, -0.05) is 44.7 Å². The van der Waals surface area contributed by atoms with E-state index in [2.05, 4.69) is 44.2 Å². The average molecular weight is 178 g/mol. The first-order valence-corrected chi connectivity index (χ1v) is 5.46. The van der Waals surface area contributed by atoms with Gasteiger partial charge in [0, 0.05) is 0 Å². The molecule has 0 aliphatic carbocycles. The third-order valence-electron chi connectivity index (χ3n) is 1.96. The van der Waals surface area contributed by atoms with Crippen LogP contribution in [-0.2, 0) is 0 Å². The lowest BCUT2D eigenvalue weighted by Gasteiger charge is -2.07. The van der Waals surface area contributed by atoms with Crippen molar-refractivity contribution in [2.24, 2.45) is 0 Å². The van der Waals surface area contributed by atoms with E-state index in [1.54, 1.807) is 0 Å². The Kier molecular flexibility index (Phi) is 4.30. The second kappa shape index (κ2) is 5.31. The summed E-state index contributed by atoms with van der Waals surface area (Å²) in [5, 5.41) is 0. The van der Waals surface area contributed by atoms with Crippen molar-refractivity contribution in [1.82, 2.24) is 0 Å². The Hall–Kier alpha value is -0.365. The Morgan fingerprint density at radius 1 is 1.08 bits per heavy atom. The van der Waals surface area contributed by atoms with E-state index in [0.29, 0.717) is 0 Å². The highest BCUT2D eigenvalue weighted by Gasteiger charge is 2.08. The highest BCUT2D eigenvalue weighted by atomic mass is 32.2. The van der Waals surface area contributed by atoms with E-state index in [4.69, 9.17) is 0 Å². The summed E-state index contributed by atoms with van der Waals surface area (Å²) in [6.45, 7) is 4.51. The number of hydrogen-bond acceptors (Lipinski definition) is 1. The second-order valence-corrected chi connectivity index (χ2v) is 4.24. The Morgan fingerprint density at radius 3 is 2.17 bits per heavy atom. The van der Waals surface area contributed by atoms with Gasteiger partial charge in [0.25, 0.3) is 0 Å². The molecule has 1 rings (SSSR count). The molecule has 0 amide bonds. The van der Waals surface area contributed by atoms with Gasteiger partial charge in [0.05, 0.1) is 0 Å². The zero-order valence-corrected chi connectivity index (χ0v) is 8.60. The summed E-state index contributed by atoms with van der Waals surface area (Å²) in [6, 6.07) is 10.6. The van der Waals surface area contributed by atoms with Gasteiger partial charge in [-0.2, -0.15) is 11.6 Å². The van der Waals surface area contributed by atoms with E-state index in [0.717, 1.165) is 5.99 Å². The SMILES string of the molecule is CCB(CC)Sc1ccccc1. The molecule has 2 heteroatoms. The molecule has 0 spiro atoms. The molecular formula is C10H15BS. The Bertz CT molecular complexity index is 206. The van der Waals surface area contributed by atoms with E-state index in [1.807, 2.05) is 11.6 Å². The molecule has 0 bridgehead atoms. The van der Waals surface area contributed by atoms with Crippen LogP contribution < -0.4 is 0 Å². The van der Waals surface area contributed by atoms with Crippen LogP contribution in [0.25, 0.3) is 0 Å². The fourth-order valence-electron chi connectivity index (χ4n) is 1.15. The summed E-state index contributed by atoms with van der Waals surface area (Å²) in [4.78, 5) is 1.39. The Morgan fingerprint density at radius 2 is 1.67 bits per heavy atom. The highest BCUT2D eigenvalue weighted by Crippen LogP contribution is 2.24. The molecule has 0 atom stereocenters. The van der Waals surface area contributed by atoms with Gasteiger partial charge in [0.1, 0.15) is 0 Å². The lowest BCUT2D eigenvalue weighted by molar-refractivity contribution is 1.35. The fraction of sp³-hybridized carbons (Fsp3) is 0.400. The molecular weight excluding hydrogens is 163 g/mol. The molecule has 0 nitrogen and oxygen atoms in total. The van der Waals surface area contributed by atoms with E-state index in [1.165, 1.54) is 17.5 Å². The molecule has 64 valence electrons. The summed E-state index contributed by atoms with van der Waals surface area (Å²) in [5.74, 6) is 0.785. The minimum Gasteiger partial charge on any atom is -0.176 e. The standard InChI is InChI=1S/C10H15BS/c1-3-11(4-2)12-10-8-6-5-7-9-10/h5-9H,3-4H2,1-2H3. The molecule has 0 fully saturated rings. The van der Waals surface area contributed by atoms with Crippen LogP contribution in [0.5, 0.6) is 0 Å². The molecule has 0 N–H and O–H groups in total. The average Bonchev–Trinajstić information content (AvgIpc) is 2.16. The summed E-state index contributed by atoms with van der Waals surface area (Å²) in [5.41, 5.74) is 0. The normalized spacial score (nSPS) is 9.83. The first kappa shape index (κ1) is 9.72. The first-order valence-electron chi connectivity index (χ1n) is 4.58. The van der Waals surface area contributed by atoms with E-state index in [9.17, 15) is 0 Å². The summed E-state index contributed by atoms with van der Waals surface area (Å²) >= 11 is 1.99. The van der Waals surface area contributed by atoms with Crippen LogP contribution in [0.4, 0.5) is 0 Å². The molecule has 0 heterocycles. The van der Waals surface area contributed by atoms with Crippen molar-refractivity contribution in [2.45, 2.75) is 31.4 Å². The maximum atomic E-state index is 2.25. The molecule has 0 aliphatic rings. The monoisotopic (exact) mass is 178 g/mol. The van der Waals surface area contributed by atoms with Crippen LogP contribution in [-0.4, -0.2) is 5.99 Å². The van der Waals surface area contributed by atoms with Gasteiger partial charge < -0.3 is 0 Å². The predicted octanol–water partition coefficient (Wildman–Crippen LogP) is 3.81.